The molecule has 2 aromatic rings. The van der Waals surface area contributed by atoms with Crippen LogP contribution in [0.3, 0.4) is 0 Å². The van der Waals surface area contributed by atoms with Gasteiger partial charge in [-0.25, -0.2) is 5.43 Å². The summed E-state index contributed by atoms with van der Waals surface area (Å²) in [6, 6.07) is 9.77. The molecule has 2 rings (SSSR count). The summed E-state index contributed by atoms with van der Waals surface area (Å²) in [5.74, 6) is -0.605. The van der Waals surface area contributed by atoms with Gasteiger partial charge in [0.1, 0.15) is 11.8 Å². The first-order chi connectivity index (χ1) is 11.9. The second-order valence-corrected chi connectivity index (χ2v) is 5.54. The average molecular weight is 363 g/mol. The van der Waals surface area contributed by atoms with Gasteiger partial charge in [-0.1, -0.05) is 11.6 Å². The molecule has 0 heterocycles. The van der Waals surface area contributed by atoms with Crippen LogP contribution in [0.25, 0.3) is 0 Å². The summed E-state index contributed by atoms with van der Waals surface area (Å²) in [6.07, 6.45) is 1.13. The van der Waals surface area contributed by atoms with Crippen LogP contribution in [0.15, 0.2) is 47.6 Å². The number of nitrogens with zero attached hydrogens (tertiary/aromatic N) is 2. The van der Waals surface area contributed by atoms with Crippen LogP contribution < -0.4 is 10.7 Å². The minimum absolute atomic E-state index is 0.118. The van der Waals surface area contributed by atoms with Crippen LogP contribution >= 0.6 is 11.6 Å². The second kappa shape index (κ2) is 8.11. The molecule has 2 aromatic carbocycles. The molecule has 0 spiro atoms. The lowest BCUT2D eigenvalue weighted by molar-refractivity contribution is -0.384. The summed E-state index contributed by atoms with van der Waals surface area (Å²) in [6.45, 7) is 1.64. The fourth-order valence-corrected chi connectivity index (χ4v) is 2.01. The standard InChI is InChI=1S/C16H15ClN4O4/c1-10(19-13-4-2-12(17)3-5-13)16(23)20-18-9-11-8-14(21(24)25)6-7-15(11)22/h2-10,19,22H,1H3,(H,20,23)/b18-9-/t10-/m1/s1. The molecule has 0 aliphatic heterocycles. The molecule has 0 unspecified atom stereocenters. The first kappa shape index (κ1) is 18.2. The molecule has 0 saturated carbocycles. The van der Waals surface area contributed by atoms with Gasteiger partial charge in [-0.15, -0.1) is 0 Å². The first-order valence-corrected chi connectivity index (χ1v) is 7.57. The van der Waals surface area contributed by atoms with E-state index in [9.17, 15) is 20.0 Å². The van der Waals surface area contributed by atoms with Gasteiger partial charge in [0.05, 0.1) is 11.1 Å². The van der Waals surface area contributed by atoms with Crippen molar-refractivity contribution in [3.05, 3.63) is 63.2 Å². The lowest BCUT2D eigenvalue weighted by Gasteiger charge is -2.13. The van der Waals surface area contributed by atoms with Gasteiger partial charge in [0.25, 0.3) is 11.6 Å². The molecule has 0 aromatic heterocycles. The first-order valence-electron chi connectivity index (χ1n) is 7.19. The fourth-order valence-electron chi connectivity index (χ4n) is 1.88. The van der Waals surface area contributed by atoms with Crippen molar-refractivity contribution < 1.29 is 14.8 Å². The zero-order valence-electron chi connectivity index (χ0n) is 13.1. The third-order valence-electron chi connectivity index (χ3n) is 3.22. The SMILES string of the molecule is C[C@@H](Nc1ccc(Cl)cc1)C(=O)N/N=C\c1cc([N+](=O)[O-])ccc1O. The monoisotopic (exact) mass is 362 g/mol. The molecule has 0 aliphatic carbocycles. The summed E-state index contributed by atoms with van der Waals surface area (Å²) in [7, 11) is 0. The van der Waals surface area contributed by atoms with E-state index in [0.717, 1.165) is 12.3 Å². The van der Waals surface area contributed by atoms with Crippen molar-refractivity contribution in [1.82, 2.24) is 5.43 Å². The molecule has 3 N–H and O–H groups in total. The van der Waals surface area contributed by atoms with E-state index in [1.54, 1.807) is 31.2 Å². The Bertz CT molecular complexity index is 808. The number of hydrogen-bond donors (Lipinski definition) is 3. The number of anilines is 1. The van der Waals surface area contributed by atoms with Crippen LogP contribution in [-0.2, 0) is 4.79 Å². The van der Waals surface area contributed by atoms with Gasteiger partial charge in [0.15, 0.2) is 0 Å². The number of phenolic OH excluding ortho intramolecular Hbond substituents is 1. The number of phenols is 1. The minimum Gasteiger partial charge on any atom is -0.507 e. The Kier molecular flexibility index (Phi) is 5.91. The Balaban J connectivity index is 1.96. The third-order valence-corrected chi connectivity index (χ3v) is 3.47. The van der Waals surface area contributed by atoms with E-state index in [1.807, 2.05) is 0 Å². The van der Waals surface area contributed by atoms with Gasteiger partial charge in [-0.3, -0.25) is 14.9 Å². The number of hydrogen-bond acceptors (Lipinski definition) is 6. The van der Waals surface area contributed by atoms with Crippen molar-refractivity contribution >= 4 is 35.1 Å². The number of aromatic hydroxyl groups is 1. The molecule has 0 fully saturated rings. The zero-order valence-corrected chi connectivity index (χ0v) is 13.9. The van der Waals surface area contributed by atoms with E-state index < -0.39 is 16.9 Å². The molecule has 25 heavy (non-hydrogen) atoms. The summed E-state index contributed by atoms with van der Waals surface area (Å²) >= 11 is 5.79. The second-order valence-electron chi connectivity index (χ2n) is 5.11. The van der Waals surface area contributed by atoms with Crippen molar-refractivity contribution in [2.75, 3.05) is 5.32 Å². The normalized spacial score (nSPS) is 11.9. The summed E-state index contributed by atoms with van der Waals surface area (Å²) in [5.41, 5.74) is 2.94. The Morgan fingerprint density at radius 2 is 2.00 bits per heavy atom. The van der Waals surface area contributed by atoms with Crippen molar-refractivity contribution in [3.8, 4) is 5.75 Å². The number of nitro benzene ring substituents is 1. The van der Waals surface area contributed by atoms with E-state index in [2.05, 4.69) is 15.8 Å². The van der Waals surface area contributed by atoms with Crippen LogP contribution in [0.4, 0.5) is 11.4 Å². The maximum Gasteiger partial charge on any atom is 0.270 e. The summed E-state index contributed by atoms with van der Waals surface area (Å²) in [4.78, 5) is 22.1. The van der Waals surface area contributed by atoms with Crippen LogP contribution in [-0.4, -0.2) is 28.2 Å². The number of halogens is 1. The van der Waals surface area contributed by atoms with Gasteiger partial charge < -0.3 is 10.4 Å². The van der Waals surface area contributed by atoms with E-state index in [4.69, 9.17) is 11.6 Å². The van der Waals surface area contributed by atoms with Crippen molar-refractivity contribution in [1.29, 1.82) is 0 Å². The molecular formula is C16H15ClN4O4. The van der Waals surface area contributed by atoms with E-state index >= 15 is 0 Å². The maximum atomic E-state index is 12.0. The van der Waals surface area contributed by atoms with Crippen molar-refractivity contribution in [2.45, 2.75) is 13.0 Å². The van der Waals surface area contributed by atoms with Crippen molar-refractivity contribution in [3.63, 3.8) is 0 Å². The average Bonchev–Trinajstić information content (AvgIpc) is 2.58. The molecule has 130 valence electrons. The zero-order chi connectivity index (χ0) is 18.4. The number of non-ortho nitro benzene ring substituents is 1. The number of nitro groups is 1. The smallest absolute Gasteiger partial charge is 0.270 e. The number of nitrogens with one attached hydrogen (secondary N) is 2. The largest absolute Gasteiger partial charge is 0.507 e. The predicted octanol–water partition coefficient (Wildman–Crippen LogP) is 2.90. The van der Waals surface area contributed by atoms with Crippen LogP contribution in [0.2, 0.25) is 5.02 Å². The highest BCUT2D eigenvalue weighted by atomic mass is 35.5. The highest BCUT2D eigenvalue weighted by Crippen LogP contribution is 2.21. The maximum absolute atomic E-state index is 12.0. The highest BCUT2D eigenvalue weighted by molar-refractivity contribution is 6.30. The van der Waals surface area contributed by atoms with Crippen molar-refractivity contribution in [2.24, 2.45) is 5.10 Å². The molecule has 0 bridgehead atoms. The Hall–Kier alpha value is -3.13. The lowest BCUT2D eigenvalue weighted by atomic mass is 10.2. The molecule has 0 aliphatic rings. The Morgan fingerprint density at radius 3 is 2.64 bits per heavy atom. The van der Waals surface area contributed by atoms with Crippen LogP contribution in [0, 0.1) is 10.1 Å². The molecule has 0 radical (unpaired) electrons. The Labute approximate surface area is 148 Å². The quantitative estimate of drug-likeness (QED) is 0.415. The number of rotatable bonds is 6. The van der Waals surface area contributed by atoms with Gasteiger partial charge in [0.2, 0.25) is 0 Å². The van der Waals surface area contributed by atoms with Crippen LogP contribution in [0.5, 0.6) is 5.75 Å². The fraction of sp³-hybridized carbons (Fsp3) is 0.125. The predicted molar refractivity (Wildman–Crippen MR) is 95.0 cm³/mol. The highest BCUT2D eigenvalue weighted by Gasteiger charge is 2.12. The number of hydrazone groups is 1. The van der Waals surface area contributed by atoms with Gasteiger partial charge in [-0.05, 0) is 37.3 Å². The molecular weight excluding hydrogens is 348 g/mol. The molecule has 0 saturated heterocycles. The Morgan fingerprint density at radius 1 is 1.32 bits per heavy atom. The molecule has 1 atom stereocenters. The number of carbonyl (C=O) groups excluding carboxylic acids is 1. The molecule has 8 nitrogen and oxygen atoms in total. The topological polar surface area (TPSA) is 117 Å². The van der Waals surface area contributed by atoms with Gasteiger partial charge >= 0.3 is 0 Å². The summed E-state index contributed by atoms with van der Waals surface area (Å²) < 4.78 is 0. The van der Waals surface area contributed by atoms with Crippen LogP contribution in [0.1, 0.15) is 12.5 Å². The van der Waals surface area contributed by atoms with E-state index in [1.165, 1.54) is 12.1 Å². The van der Waals surface area contributed by atoms with Gasteiger partial charge in [0, 0.05) is 28.4 Å². The summed E-state index contributed by atoms with van der Waals surface area (Å²) in [5, 5.41) is 27.7. The number of benzene rings is 2. The molecule has 1 amide bonds. The van der Waals surface area contributed by atoms with E-state index in [0.29, 0.717) is 10.7 Å². The van der Waals surface area contributed by atoms with E-state index in [-0.39, 0.29) is 17.0 Å². The molecule has 9 heteroatoms. The number of amides is 1. The minimum atomic E-state index is -0.590. The lowest BCUT2D eigenvalue weighted by Crippen LogP contribution is -2.34. The number of carbonyl (C=O) groups is 1. The van der Waals surface area contributed by atoms with Gasteiger partial charge in [-0.2, -0.15) is 5.10 Å². The third kappa shape index (κ3) is 5.18.